The van der Waals surface area contributed by atoms with Gasteiger partial charge in [0.1, 0.15) is 5.82 Å². The van der Waals surface area contributed by atoms with Crippen molar-refractivity contribution in [3.63, 3.8) is 0 Å². The molecule has 0 aromatic heterocycles. The molecule has 0 aliphatic rings. The number of carbonyl (C=O) groups is 1. The summed E-state index contributed by atoms with van der Waals surface area (Å²) in [7, 11) is -4.00. The van der Waals surface area contributed by atoms with Gasteiger partial charge in [-0.05, 0) is 61.0 Å². The topological polar surface area (TPSA) is 75.3 Å². The van der Waals surface area contributed by atoms with Crippen LogP contribution in [0, 0.1) is 12.7 Å². The minimum Gasteiger partial charge on any atom is -0.321 e. The lowest BCUT2D eigenvalue weighted by molar-refractivity contribution is 0.102. The van der Waals surface area contributed by atoms with Crippen molar-refractivity contribution in [1.82, 2.24) is 0 Å². The molecule has 2 N–H and O–H groups in total. The number of nitrogens with one attached hydrogen (secondary N) is 2. The number of para-hydroxylation sites is 1. The fourth-order valence-corrected chi connectivity index (χ4v) is 3.86. The highest BCUT2D eigenvalue weighted by Gasteiger charge is 2.19. The number of anilines is 2. The highest BCUT2D eigenvalue weighted by atomic mass is 35.5. The van der Waals surface area contributed by atoms with Gasteiger partial charge >= 0.3 is 0 Å². The van der Waals surface area contributed by atoms with E-state index in [0.29, 0.717) is 10.7 Å². The summed E-state index contributed by atoms with van der Waals surface area (Å²) in [6, 6.07) is 15.7. The zero-order valence-corrected chi connectivity index (χ0v) is 16.3. The third-order valence-electron chi connectivity index (χ3n) is 3.91. The Morgan fingerprint density at radius 2 is 1.64 bits per heavy atom. The standard InChI is InChI=1S/C20H16ClFN2O3S/c1-13-6-11-19(17(21)12-13)23-20(25)16-4-2-3-5-18(16)24-28(26,27)15-9-7-14(22)8-10-15/h2-12,24H,1H3,(H,23,25). The molecular formula is C20H16ClFN2O3S. The van der Waals surface area contributed by atoms with Crippen LogP contribution in [0.4, 0.5) is 15.8 Å². The summed E-state index contributed by atoms with van der Waals surface area (Å²) in [5.74, 6) is -1.07. The number of hydrogen-bond donors (Lipinski definition) is 2. The molecule has 0 bridgehead atoms. The zero-order valence-electron chi connectivity index (χ0n) is 14.7. The molecule has 0 aliphatic heterocycles. The van der Waals surface area contributed by atoms with Crippen molar-refractivity contribution < 1.29 is 17.6 Å². The molecule has 8 heteroatoms. The van der Waals surface area contributed by atoms with Crippen molar-refractivity contribution in [3.8, 4) is 0 Å². The van der Waals surface area contributed by atoms with Gasteiger partial charge in [-0.1, -0.05) is 29.8 Å². The fraction of sp³-hybridized carbons (Fsp3) is 0.0500. The molecule has 0 fully saturated rings. The Balaban J connectivity index is 1.88. The van der Waals surface area contributed by atoms with E-state index in [-0.39, 0.29) is 16.1 Å². The molecule has 5 nitrogen and oxygen atoms in total. The number of carbonyl (C=O) groups excluding carboxylic acids is 1. The van der Waals surface area contributed by atoms with Gasteiger partial charge in [0, 0.05) is 0 Å². The smallest absolute Gasteiger partial charge is 0.261 e. The Bertz CT molecular complexity index is 1130. The van der Waals surface area contributed by atoms with Crippen molar-refractivity contribution in [3.05, 3.63) is 88.7 Å². The van der Waals surface area contributed by atoms with Crippen LogP contribution >= 0.6 is 11.6 Å². The fourth-order valence-electron chi connectivity index (χ4n) is 2.50. The van der Waals surface area contributed by atoms with Crippen LogP contribution in [0.1, 0.15) is 15.9 Å². The molecule has 0 radical (unpaired) electrons. The van der Waals surface area contributed by atoms with Gasteiger partial charge in [0.15, 0.2) is 0 Å². The third-order valence-corrected chi connectivity index (χ3v) is 5.61. The number of sulfonamides is 1. The number of hydrogen-bond acceptors (Lipinski definition) is 3. The average molecular weight is 419 g/mol. The first-order valence-corrected chi connectivity index (χ1v) is 10.1. The maximum Gasteiger partial charge on any atom is 0.261 e. The normalized spacial score (nSPS) is 11.1. The molecule has 3 rings (SSSR count). The van der Waals surface area contributed by atoms with Crippen LogP contribution in [-0.4, -0.2) is 14.3 Å². The number of amides is 1. The Kier molecular flexibility index (Phi) is 5.67. The molecule has 0 saturated carbocycles. The molecule has 3 aromatic carbocycles. The molecule has 0 aliphatic carbocycles. The quantitative estimate of drug-likeness (QED) is 0.622. The molecule has 0 saturated heterocycles. The van der Waals surface area contributed by atoms with Gasteiger partial charge in [0.25, 0.3) is 15.9 Å². The van der Waals surface area contributed by atoms with Gasteiger partial charge in [-0.25, -0.2) is 12.8 Å². The Hall–Kier alpha value is -2.90. The largest absolute Gasteiger partial charge is 0.321 e. The van der Waals surface area contributed by atoms with Crippen LogP contribution in [-0.2, 0) is 10.0 Å². The van der Waals surface area contributed by atoms with Gasteiger partial charge in [-0.3, -0.25) is 9.52 Å². The Labute approximate surface area is 167 Å². The average Bonchev–Trinajstić information content (AvgIpc) is 2.64. The first-order valence-electron chi connectivity index (χ1n) is 8.21. The lowest BCUT2D eigenvalue weighted by atomic mass is 10.1. The van der Waals surface area contributed by atoms with Crippen molar-refractivity contribution in [2.75, 3.05) is 10.0 Å². The van der Waals surface area contributed by atoms with Crippen LogP contribution in [0.2, 0.25) is 5.02 Å². The summed E-state index contributed by atoms with van der Waals surface area (Å²) >= 11 is 6.14. The van der Waals surface area contributed by atoms with E-state index < -0.39 is 21.7 Å². The third kappa shape index (κ3) is 4.49. The minimum atomic E-state index is -4.00. The molecule has 3 aromatic rings. The number of halogens is 2. The van der Waals surface area contributed by atoms with Crippen LogP contribution in [0.25, 0.3) is 0 Å². The summed E-state index contributed by atoms with van der Waals surface area (Å²) in [6.07, 6.45) is 0. The van der Waals surface area contributed by atoms with E-state index in [1.807, 2.05) is 6.92 Å². The SMILES string of the molecule is Cc1ccc(NC(=O)c2ccccc2NS(=O)(=O)c2ccc(F)cc2)c(Cl)c1. The summed E-state index contributed by atoms with van der Waals surface area (Å²) in [6.45, 7) is 1.87. The van der Waals surface area contributed by atoms with Gasteiger partial charge in [-0.2, -0.15) is 0 Å². The van der Waals surface area contributed by atoms with Gasteiger partial charge < -0.3 is 5.32 Å². The number of benzene rings is 3. The maximum atomic E-state index is 13.1. The molecule has 144 valence electrons. The monoisotopic (exact) mass is 418 g/mol. The van der Waals surface area contributed by atoms with E-state index in [1.54, 1.807) is 30.3 Å². The van der Waals surface area contributed by atoms with Crippen molar-refractivity contribution in [1.29, 1.82) is 0 Å². The summed E-state index contributed by atoms with van der Waals surface area (Å²) in [4.78, 5) is 12.6. The molecule has 1 amide bonds. The summed E-state index contributed by atoms with van der Waals surface area (Å²) in [5.41, 5.74) is 1.56. The van der Waals surface area contributed by atoms with Crippen molar-refractivity contribution >= 4 is 38.9 Å². The highest BCUT2D eigenvalue weighted by Crippen LogP contribution is 2.25. The van der Waals surface area contributed by atoms with E-state index >= 15 is 0 Å². The number of aryl methyl sites for hydroxylation is 1. The van der Waals surface area contributed by atoms with E-state index in [2.05, 4.69) is 10.0 Å². The van der Waals surface area contributed by atoms with Gasteiger partial charge in [0.2, 0.25) is 0 Å². The summed E-state index contributed by atoms with van der Waals surface area (Å²) in [5, 5.41) is 3.04. The van der Waals surface area contributed by atoms with Crippen molar-refractivity contribution in [2.45, 2.75) is 11.8 Å². The van der Waals surface area contributed by atoms with E-state index in [1.165, 1.54) is 12.1 Å². The second-order valence-corrected chi connectivity index (χ2v) is 8.13. The predicted octanol–water partition coefficient (Wildman–Crippen LogP) is 4.84. The van der Waals surface area contributed by atoms with Crippen LogP contribution in [0.5, 0.6) is 0 Å². The Morgan fingerprint density at radius 3 is 2.32 bits per heavy atom. The first kappa shape index (κ1) is 19.9. The van der Waals surface area contributed by atoms with Gasteiger partial charge in [-0.15, -0.1) is 0 Å². The zero-order chi connectivity index (χ0) is 20.3. The van der Waals surface area contributed by atoms with Crippen LogP contribution in [0.3, 0.4) is 0 Å². The predicted molar refractivity (Wildman–Crippen MR) is 108 cm³/mol. The van der Waals surface area contributed by atoms with E-state index in [0.717, 1.165) is 29.8 Å². The van der Waals surface area contributed by atoms with Crippen LogP contribution < -0.4 is 10.0 Å². The van der Waals surface area contributed by atoms with Crippen molar-refractivity contribution in [2.24, 2.45) is 0 Å². The summed E-state index contributed by atoms with van der Waals surface area (Å²) < 4.78 is 40.5. The molecule has 0 spiro atoms. The van der Waals surface area contributed by atoms with Gasteiger partial charge in [0.05, 0.1) is 26.9 Å². The Morgan fingerprint density at radius 1 is 0.964 bits per heavy atom. The molecule has 0 atom stereocenters. The highest BCUT2D eigenvalue weighted by molar-refractivity contribution is 7.92. The molecule has 0 heterocycles. The molecule has 28 heavy (non-hydrogen) atoms. The second kappa shape index (κ2) is 8.00. The second-order valence-electron chi connectivity index (χ2n) is 6.04. The lowest BCUT2D eigenvalue weighted by Crippen LogP contribution is -2.18. The van der Waals surface area contributed by atoms with E-state index in [4.69, 9.17) is 11.6 Å². The first-order chi connectivity index (χ1) is 13.3. The number of rotatable bonds is 5. The maximum absolute atomic E-state index is 13.1. The van der Waals surface area contributed by atoms with E-state index in [9.17, 15) is 17.6 Å². The lowest BCUT2D eigenvalue weighted by Gasteiger charge is -2.13. The molecule has 0 unspecified atom stereocenters. The molecular weight excluding hydrogens is 403 g/mol. The van der Waals surface area contributed by atoms with Crippen LogP contribution in [0.15, 0.2) is 71.6 Å². The minimum absolute atomic E-state index is 0.0903.